The summed E-state index contributed by atoms with van der Waals surface area (Å²) in [6.07, 6.45) is 0. The number of aryl methyl sites for hydroxylation is 1. The van der Waals surface area contributed by atoms with E-state index in [-0.39, 0.29) is 42.9 Å². The van der Waals surface area contributed by atoms with Gasteiger partial charge in [0.2, 0.25) is 0 Å². The summed E-state index contributed by atoms with van der Waals surface area (Å²) in [6.45, 7) is 6.17. The van der Waals surface area contributed by atoms with E-state index in [0.29, 0.717) is 39.2 Å². The van der Waals surface area contributed by atoms with Crippen LogP contribution in [-0.2, 0) is 4.74 Å². The van der Waals surface area contributed by atoms with E-state index < -0.39 is 11.9 Å². The number of halogens is 2. The average Bonchev–Trinajstić information content (AvgIpc) is 2.87. The number of benzene rings is 2. The first-order valence-corrected chi connectivity index (χ1v) is 12.6. The van der Waals surface area contributed by atoms with E-state index in [9.17, 15) is 14.4 Å². The number of hydrogen-bond acceptors (Lipinski definition) is 6. The normalized spacial score (nSPS) is 15.4. The molecule has 8 nitrogen and oxygen atoms in total. The molecule has 1 fully saturated rings. The lowest BCUT2D eigenvalue weighted by Crippen LogP contribution is -2.55. The number of carbonyl (C=O) groups excluding carboxylic acids is 3. The third kappa shape index (κ3) is 5.76. The molecular weight excluding hydrogens is 515 g/mol. The minimum atomic E-state index is -0.663. The second kappa shape index (κ2) is 11.3. The second-order valence-corrected chi connectivity index (χ2v) is 9.56. The molecule has 1 aliphatic heterocycles. The molecule has 192 valence electrons. The van der Waals surface area contributed by atoms with Crippen molar-refractivity contribution >= 4 is 41.0 Å². The van der Waals surface area contributed by atoms with Gasteiger partial charge >= 0.3 is 5.97 Å². The Morgan fingerprint density at radius 2 is 1.68 bits per heavy atom. The first kappa shape index (κ1) is 26.6. The van der Waals surface area contributed by atoms with Crippen LogP contribution in [0.25, 0.3) is 11.3 Å². The number of rotatable bonds is 5. The van der Waals surface area contributed by atoms with Crippen molar-refractivity contribution < 1.29 is 19.1 Å². The van der Waals surface area contributed by atoms with Crippen LogP contribution in [0.3, 0.4) is 0 Å². The molecule has 3 aromatic rings. The van der Waals surface area contributed by atoms with Gasteiger partial charge in [0.25, 0.3) is 11.8 Å². The van der Waals surface area contributed by atoms with Gasteiger partial charge in [-0.1, -0.05) is 53.5 Å². The van der Waals surface area contributed by atoms with Gasteiger partial charge in [0.1, 0.15) is 17.1 Å². The lowest BCUT2D eigenvalue weighted by Gasteiger charge is -2.40. The van der Waals surface area contributed by atoms with Gasteiger partial charge in [0.15, 0.2) is 0 Å². The highest BCUT2D eigenvalue weighted by atomic mass is 35.5. The number of nitrogens with zero attached hydrogens (tertiary/aromatic N) is 4. The second-order valence-electron chi connectivity index (χ2n) is 8.69. The highest BCUT2D eigenvalue weighted by molar-refractivity contribution is 6.35. The molecule has 2 aromatic carbocycles. The number of aromatic nitrogens is 2. The van der Waals surface area contributed by atoms with Crippen molar-refractivity contribution in [1.82, 2.24) is 19.8 Å². The zero-order valence-corrected chi connectivity index (χ0v) is 22.2. The molecule has 1 saturated heterocycles. The molecule has 10 heteroatoms. The molecule has 0 bridgehead atoms. The summed E-state index contributed by atoms with van der Waals surface area (Å²) in [4.78, 5) is 52.0. The smallest absolute Gasteiger partial charge is 0.342 e. The van der Waals surface area contributed by atoms with Crippen molar-refractivity contribution in [3.05, 3.63) is 81.2 Å². The van der Waals surface area contributed by atoms with Crippen molar-refractivity contribution in [2.24, 2.45) is 0 Å². The van der Waals surface area contributed by atoms with Gasteiger partial charge in [-0.2, -0.15) is 0 Å². The fourth-order valence-electron chi connectivity index (χ4n) is 4.37. The Morgan fingerprint density at radius 1 is 1.00 bits per heavy atom. The minimum Gasteiger partial charge on any atom is -0.462 e. The Hall–Kier alpha value is -3.49. The highest BCUT2D eigenvalue weighted by Gasteiger charge is 2.34. The van der Waals surface area contributed by atoms with Gasteiger partial charge in [-0.25, -0.2) is 14.8 Å². The fourth-order valence-corrected chi connectivity index (χ4v) is 4.89. The number of carbonyl (C=O) groups is 3. The van der Waals surface area contributed by atoms with Crippen LogP contribution in [0.2, 0.25) is 10.0 Å². The molecule has 2 heterocycles. The number of piperazine rings is 1. The zero-order valence-electron chi connectivity index (χ0n) is 20.7. The maximum absolute atomic E-state index is 13.7. The Balaban J connectivity index is 1.64. The van der Waals surface area contributed by atoms with Crippen LogP contribution >= 0.6 is 23.2 Å². The predicted molar refractivity (Wildman–Crippen MR) is 141 cm³/mol. The average molecular weight is 541 g/mol. The van der Waals surface area contributed by atoms with Crippen LogP contribution in [0.1, 0.15) is 50.9 Å². The Bertz CT molecular complexity index is 1330. The Kier molecular flexibility index (Phi) is 8.10. The SMILES string of the molecule is CCOC(=O)c1c(C(=O)N2CCN(C(=O)c3cc(Cl)cc(Cl)c3)C(C)C2)nc(C)nc1-c1ccccc1. The Labute approximate surface area is 225 Å². The maximum atomic E-state index is 13.7. The summed E-state index contributed by atoms with van der Waals surface area (Å²) in [6, 6.07) is 13.5. The molecular formula is C27H26Cl2N4O4. The molecule has 1 atom stereocenters. The topological polar surface area (TPSA) is 92.7 Å². The van der Waals surface area contributed by atoms with E-state index in [1.54, 1.807) is 41.8 Å². The molecule has 0 saturated carbocycles. The largest absolute Gasteiger partial charge is 0.462 e. The van der Waals surface area contributed by atoms with Gasteiger partial charge in [-0.05, 0) is 39.0 Å². The van der Waals surface area contributed by atoms with Crippen molar-refractivity contribution in [2.75, 3.05) is 26.2 Å². The van der Waals surface area contributed by atoms with E-state index in [4.69, 9.17) is 27.9 Å². The molecule has 0 radical (unpaired) electrons. The molecule has 0 spiro atoms. The fraction of sp³-hybridized carbons (Fsp3) is 0.296. The quantitative estimate of drug-likeness (QED) is 0.426. The molecule has 0 N–H and O–H groups in total. The summed E-state index contributed by atoms with van der Waals surface area (Å²) in [5, 5.41) is 0.745. The molecule has 37 heavy (non-hydrogen) atoms. The van der Waals surface area contributed by atoms with E-state index in [1.807, 2.05) is 37.3 Å². The summed E-state index contributed by atoms with van der Waals surface area (Å²) in [5.41, 5.74) is 1.41. The van der Waals surface area contributed by atoms with E-state index in [0.717, 1.165) is 0 Å². The summed E-state index contributed by atoms with van der Waals surface area (Å²) < 4.78 is 5.28. The van der Waals surface area contributed by atoms with Crippen LogP contribution in [0.4, 0.5) is 0 Å². The number of amides is 2. The minimum absolute atomic E-state index is 0.0154. The van der Waals surface area contributed by atoms with E-state index in [2.05, 4.69) is 9.97 Å². The van der Waals surface area contributed by atoms with Gasteiger partial charge in [-0.3, -0.25) is 9.59 Å². The molecule has 1 aromatic heterocycles. The highest BCUT2D eigenvalue weighted by Crippen LogP contribution is 2.27. The van der Waals surface area contributed by atoms with Gasteiger partial charge in [0.05, 0.1) is 12.3 Å². The zero-order chi connectivity index (χ0) is 26.7. The van der Waals surface area contributed by atoms with Crippen molar-refractivity contribution in [3.63, 3.8) is 0 Å². The van der Waals surface area contributed by atoms with Gasteiger partial charge in [-0.15, -0.1) is 0 Å². The Morgan fingerprint density at radius 3 is 2.30 bits per heavy atom. The van der Waals surface area contributed by atoms with Crippen molar-refractivity contribution in [3.8, 4) is 11.3 Å². The van der Waals surface area contributed by atoms with E-state index >= 15 is 0 Å². The van der Waals surface area contributed by atoms with Crippen LogP contribution in [0, 0.1) is 6.92 Å². The number of esters is 1. The molecule has 4 rings (SSSR count). The summed E-state index contributed by atoms with van der Waals surface area (Å²) >= 11 is 12.2. The molecule has 1 aliphatic rings. The summed E-state index contributed by atoms with van der Waals surface area (Å²) in [5.74, 6) is -0.949. The monoisotopic (exact) mass is 540 g/mol. The number of hydrogen-bond donors (Lipinski definition) is 0. The lowest BCUT2D eigenvalue weighted by molar-refractivity contribution is 0.0406. The maximum Gasteiger partial charge on any atom is 0.342 e. The predicted octanol–water partition coefficient (Wildman–Crippen LogP) is 4.92. The third-order valence-corrected chi connectivity index (χ3v) is 6.47. The van der Waals surface area contributed by atoms with Crippen LogP contribution < -0.4 is 0 Å². The first-order valence-electron chi connectivity index (χ1n) is 11.9. The van der Waals surface area contributed by atoms with Crippen molar-refractivity contribution in [1.29, 1.82) is 0 Å². The lowest BCUT2D eigenvalue weighted by atomic mass is 10.0. The van der Waals surface area contributed by atoms with Gasteiger partial charge < -0.3 is 14.5 Å². The van der Waals surface area contributed by atoms with Crippen LogP contribution in [0.5, 0.6) is 0 Å². The molecule has 2 amide bonds. The van der Waals surface area contributed by atoms with Crippen LogP contribution in [0.15, 0.2) is 48.5 Å². The van der Waals surface area contributed by atoms with Crippen LogP contribution in [-0.4, -0.2) is 69.8 Å². The summed E-state index contributed by atoms with van der Waals surface area (Å²) in [7, 11) is 0. The van der Waals surface area contributed by atoms with Crippen molar-refractivity contribution in [2.45, 2.75) is 26.8 Å². The molecule has 1 unspecified atom stereocenters. The third-order valence-electron chi connectivity index (χ3n) is 6.04. The van der Waals surface area contributed by atoms with Gasteiger partial charge in [0, 0.05) is 46.8 Å². The van der Waals surface area contributed by atoms with E-state index in [1.165, 1.54) is 0 Å². The number of ether oxygens (including phenoxy) is 1. The standard InChI is InChI=1S/C27H26Cl2N4O4/c1-4-37-27(36)22-23(18-8-6-5-7-9-18)30-17(3)31-24(22)26(35)32-10-11-33(16(2)15-32)25(34)19-12-20(28)14-21(29)13-19/h5-9,12-14,16H,4,10-11,15H2,1-3H3. The first-order chi connectivity index (χ1) is 17.7. The molecule has 0 aliphatic carbocycles.